The van der Waals surface area contributed by atoms with E-state index >= 15 is 0 Å². The van der Waals surface area contributed by atoms with Crippen molar-refractivity contribution >= 4 is 49.8 Å². The van der Waals surface area contributed by atoms with Gasteiger partial charge in [-0.25, -0.2) is 0 Å². The molecule has 0 bridgehead atoms. The van der Waals surface area contributed by atoms with Crippen LogP contribution in [0, 0.1) is 0 Å². The normalized spacial score (nSPS) is 15.0. The summed E-state index contributed by atoms with van der Waals surface area (Å²) < 4.78 is 12.5. The fourth-order valence-electron chi connectivity index (χ4n) is 9.68. The van der Waals surface area contributed by atoms with Crippen LogP contribution in [0.2, 0.25) is 0 Å². The van der Waals surface area contributed by atoms with Crippen LogP contribution in [0.1, 0.15) is 22.3 Å². The Morgan fingerprint density at radius 3 is 1.44 bits per heavy atom. The van der Waals surface area contributed by atoms with Crippen LogP contribution < -0.4 is 24.0 Å². The number of hydrogen-bond acceptors (Lipinski definition) is 2. The van der Waals surface area contributed by atoms with Crippen LogP contribution in [-0.2, 0) is 5.41 Å². The average Bonchev–Trinajstić information content (AvgIpc) is 3.51. The van der Waals surface area contributed by atoms with E-state index in [1.165, 1.54) is 59.1 Å². The first kappa shape index (κ1) is 29.8. The zero-order valence-corrected chi connectivity index (χ0v) is 31.3. The zero-order valence-electron chi connectivity index (χ0n) is 28.4. The first-order chi connectivity index (χ1) is 25.8. The molecule has 0 fully saturated rings. The maximum absolute atomic E-state index is 7.00. The molecule has 0 N–H and O–H groups in total. The van der Waals surface area contributed by atoms with Gasteiger partial charge in [-0.15, -0.1) is 0 Å². The summed E-state index contributed by atoms with van der Waals surface area (Å²) in [5.74, 6) is 1.92. The maximum atomic E-state index is 7.00. The molecule has 2 heterocycles. The van der Waals surface area contributed by atoms with E-state index in [-0.39, 0.29) is 0 Å². The van der Waals surface area contributed by atoms with Crippen molar-refractivity contribution in [2.24, 2.45) is 0 Å². The second-order valence-electron chi connectivity index (χ2n) is 14.0. The SMILES string of the molecule is c1cc[c]([Sn]2([c]3ccccc3)[c]3ccccc3Oc3cc(N4c5ccccc5C5(c6ccccc6-c6ccccc65)c5ccccc54)cc[c]32)cc1. The van der Waals surface area contributed by atoms with Gasteiger partial charge in [-0.05, 0) is 0 Å². The van der Waals surface area contributed by atoms with Gasteiger partial charge in [0.05, 0.1) is 0 Å². The summed E-state index contributed by atoms with van der Waals surface area (Å²) in [6.07, 6.45) is 0. The van der Waals surface area contributed by atoms with E-state index in [1.807, 2.05) is 0 Å². The molecule has 0 atom stereocenters. The van der Waals surface area contributed by atoms with Crippen molar-refractivity contribution in [2.75, 3.05) is 4.90 Å². The Labute approximate surface area is 308 Å². The third-order valence-electron chi connectivity index (χ3n) is 11.6. The molecule has 3 heteroatoms. The Morgan fingerprint density at radius 1 is 0.385 bits per heavy atom. The standard InChI is InChI=1S/C37H23NO.2C6H5.Sn/c1-2-14-27(15-3-1)39-28-16-12-13-26(25-28)38-35-23-10-8-21-33(35)37(34-22-9-11-24-36(34)38)31-19-6-4-17-29(31)30-18-5-7-20-32(30)37;2*1-2-4-6-5-3-1;/h1-14,17-25H;2*1-5H;. The molecule has 0 radical (unpaired) electrons. The van der Waals surface area contributed by atoms with Crippen molar-refractivity contribution < 1.29 is 4.74 Å². The van der Waals surface area contributed by atoms with Crippen LogP contribution in [0.5, 0.6) is 11.5 Å². The predicted molar refractivity (Wildman–Crippen MR) is 216 cm³/mol. The number of ether oxygens (including phenoxy) is 1. The van der Waals surface area contributed by atoms with Gasteiger partial charge in [0.15, 0.2) is 0 Å². The fourth-order valence-corrected chi connectivity index (χ4v) is 23.7. The quantitative estimate of drug-likeness (QED) is 0.166. The number of para-hydroxylation sites is 3. The molecule has 0 unspecified atom stereocenters. The van der Waals surface area contributed by atoms with Gasteiger partial charge in [-0.3, -0.25) is 0 Å². The molecule has 0 saturated carbocycles. The van der Waals surface area contributed by atoms with E-state index < -0.39 is 23.8 Å². The first-order valence-corrected chi connectivity index (χ1v) is 23.7. The third kappa shape index (κ3) is 3.85. The van der Waals surface area contributed by atoms with Crippen molar-refractivity contribution in [3.63, 3.8) is 0 Å². The fraction of sp³-hybridized carbons (Fsp3) is 0.0204. The van der Waals surface area contributed by atoms with E-state index in [1.54, 1.807) is 0 Å². The molecular formula is C49H33NOSn. The summed E-state index contributed by atoms with van der Waals surface area (Å²) in [5, 5.41) is 0. The molecule has 3 aliphatic rings. The number of benzene rings is 8. The molecule has 244 valence electrons. The molecule has 8 aromatic rings. The van der Waals surface area contributed by atoms with Crippen molar-refractivity contribution in [1.82, 2.24) is 0 Å². The summed E-state index contributed by atoms with van der Waals surface area (Å²) in [6.45, 7) is 0. The van der Waals surface area contributed by atoms with Gasteiger partial charge in [0.1, 0.15) is 0 Å². The minimum absolute atomic E-state index is 0.438. The topological polar surface area (TPSA) is 12.5 Å². The van der Waals surface area contributed by atoms with Crippen molar-refractivity contribution in [1.29, 1.82) is 0 Å². The molecule has 0 aromatic heterocycles. The van der Waals surface area contributed by atoms with E-state index in [0.717, 1.165) is 17.2 Å². The van der Waals surface area contributed by atoms with Crippen LogP contribution in [0.3, 0.4) is 0 Å². The van der Waals surface area contributed by atoms with Crippen molar-refractivity contribution in [3.05, 3.63) is 222 Å². The molecule has 8 aromatic carbocycles. The number of anilines is 3. The van der Waals surface area contributed by atoms with Gasteiger partial charge in [-0.1, -0.05) is 0 Å². The molecule has 1 aliphatic carbocycles. The second-order valence-corrected chi connectivity index (χ2v) is 24.6. The Morgan fingerprint density at radius 2 is 0.846 bits per heavy atom. The Hall–Kier alpha value is -5.84. The third-order valence-corrected chi connectivity index (χ3v) is 25.4. The van der Waals surface area contributed by atoms with Crippen LogP contribution >= 0.6 is 0 Å². The van der Waals surface area contributed by atoms with Gasteiger partial charge >= 0.3 is 310 Å². The van der Waals surface area contributed by atoms with Gasteiger partial charge in [0, 0.05) is 0 Å². The van der Waals surface area contributed by atoms with Crippen molar-refractivity contribution in [3.8, 4) is 22.6 Å². The summed E-state index contributed by atoms with van der Waals surface area (Å²) >= 11 is -3.86. The molecule has 0 saturated heterocycles. The number of nitrogens with zero attached hydrogens (tertiary/aromatic N) is 1. The minimum atomic E-state index is -3.86. The first-order valence-electron chi connectivity index (χ1n) is 18.0. The number of hydrogen-bond donors (Lipinski definition) is 0. The van der Waals surface area contributed by atoms with Gasteiger partial charge in [0.25, 0.3) is 0 Å². The van der Waals surface area contributed by atoms with E-state index in [4.69, 9.17) is 4.74 Å². The Balaban J connectivity index is 1.18. The monoisotopic (exact) mass is 771 g/mol. The number of fused-ring (bicyclic) bond motifs is 11. The molecule has 1 spiro atoms. The van der Waals surface area contributed by atoms with Crippen molar-refractivity contribution in [2.45, 2.75) is 5.41 Å². The Bertz CT molecular complexity index is 2550. The van der Waals surface area contributed by atoms with E-state index in [0.29, 0.717) is 0 Å². The molecule has 0 amide bonds. The number of rotatable bonds is 3. The average molecular weight is 771 g/mol. The summed E-state index contributed by atoms with van der Waals surface area (Å²) in [4.78, 5) is 2.46. The van der Waals surface area contributed by atoms with Crippen LogP contribution in [0.15, 0.2) is 200 Å². The van der Waals surface area contributed by atoms with Crippen LogP contribution in [0.25, 0.3) is 11.1 Å². The summed E-state index contributed by atoms with van der Waals surface area (Å²) in [6, 6.07) is 74.2. The van der Waals surface area contributed by atoms with E-state index in [2.05, 4.69) is 205 Å². The molecular weight excluding hydrogens is 737 g/mol. The second kappa shape index (κ2) is 11.3. The molecule has 52 heavy (non-hydrogen) atoms. The predicted octanol–water partition coefficient (Wildman–Crippen LogP) is 9.32. The van der Waals surface area contributed by atoms with Crippen LogP contribution in [0.4, 0.5) is 17.1 Å². The van der Waals surface area contributed by atoms with Gasteiger partial charge in [-0.2, -0.15) is 0 Å². The van der Waals surface area contributed by atoms with E-state index in [9.17, 15) is 0 Å². The summed E-state index contributed by atoms with van der Waals surface area (Å²) in [5.41, 5.74) is 10.9. The molecule has 2 nitrogen and oxygen atoms in total. The molecule has 2 aliphatic heterocycles. The van der Waals surface area contributed by atoms with Crippen LogP contribution in [-0.4, -0.2) is 18.4 Å². The zero-order chi connectivity index (χ0) is 34.3. The summed E-state index contributed by atoms with van der Waals surface area (Å²) in [7, 11) is 0. The van der Waals surface area contributed by atoms with Gasteiger partial charge < -0.3 is 0 Å². The molecule has 11 rings (SSSR count). The van der Waals surface area contributed by atoms with Gasteiger partial charge in [0.2, 0.25) is 0 Å². The Kier molecular flexibility index (Phi) is 6.50.